The summed E-state index contributed by atoms with van der Waals surface area (Å²) in [6.07, 6.45) is 6.67. The van der Waals surface area contributed by atoms with Crippen molar-refractivity contribution in [2.24, 2.45) is 11.8 Å². The maximum Gasteiger partial charge on any atom is 0.320 e. The predicted octanol–water partition coefficient (Wildman–Crippen LogP) is 8.37. The molecule has 5 rings (SSSR count). The van der Waals surface area contributed by atoms with E-state index < -0.39 is 13.9 Å². The van der Waals surface area contributed by atoms with Gasteiger partial charge >= 0.3 is 5.97 Å². The molecule has 0 bridgehead atoms. The summed E-state index contributed by atoms with van der Waals surface area (Å²) in [5.74, 6) is 3.30. The molecule has 3 aromatic rings. The van der Waals surface area contributed by atoms with Gasteiger partial charge in [0.15, 0.2) is 0 Å². The summed E-state index contributed by atoms with van der Waals surface area (Å²) in [6, 6.07) is 21.4. The monoisotopic (exact) mass is 658 g/mol. The minimum Gasteiger partial charge on any atom is -0.459 e. The van der Waals surface area contributed by atoms with Crippen LogP contribution < -0.4 is 10.4 Å². The van der Waals surface area contributed by atoms with Gasteiger partial charge in [0.1, 0.15) is 17.1 Å². The molecule has 2 aliphatic rings. The lowest BCUT2D eigenvalue weighted by Gasteiger charge is -2.43. The number of benzene rings is 2. The highest BCUT2D eigenvalue weighted by Crippen LogP contribution is 2.53. The van der Waals surface area contributed by atoms with Crippen molar-refractivity contribution in [2.75, 3.05) is 20.2 Å². The molecule has 256 valence electrons. The number of esters is 1. The molecule has 2 saturated carbocycles. The van der Waals surface area contributed by atoms with E-state index in [-0.39, 0.29) is 23.6 Å². The lowest BCUT2D eigenvalue weighted by Crippen LogP contribution is -2.66. The molecule has 1 aromatic heterocycles. The summed E-state index contributed by atoms with van der Waals surface area (Å²) in [7, 11) is -0.705. The van der Waals surface area contributed by atoms with Gasteiger partial charge in [0, 0.05) is 18.1 Å². The number of aromatic nitrogens is 1. The van der Waals surface area contributed by atoms with E-state index in [2.05, 4.69) is 100 Å². The minimum atomic E-state index is -2.72. The van der Waals surface area contributed by atoms with Crippen molar-refractivity contribution in [3.05, 3.63) is 77.7 Å². The topological polar surface area (TPSA) is 64.8 Å². The summed E-state index contributed by atoms with van der Waals surface area (Å²) in [6.45, 7) is 18.0. The van der Waals surface area contributed by atoms with Crippen LogP contribution >= 0.6 is 0 Å². The van der Waals surface area contributed by atoms with Gasteiger partial charge in [-0.2, -0.15) is 0 Å². The van der Waals surface area contributed by atoms with Gasteiger partial charge in [0.05, 0.1) is 12.6 Å². The van der Waals surface area contributed by atoms with Gasteiger partial charge in [-0.05, 0) is 99.5 Å². The molecule has 0 N–H and O–H groups in total. The van der Waals surface area contributed by atoms with Crippen LogP contribution in [0.25, 0.3) is 0 Å². The van der Waals surface area contributed by atoms with Crippen LogP contribution in [-0.4, -0.2) is 50.1 Å². The molecule has 0 amide bonds. The van der Waals surface area contributed by atoms with Gasteiger partial charge in [-0.25, -0.2) is 0 Å². The van der Waals surface area contributed by atoms with Crippen LogP contribution in [0.3, 0.4) is 0 Å². The Morgan fingerprint density at radius 2 is 1.51 bits per heavy atom. The van der Waals surface area contributed by atoms with Crippen LogP contribution in [0.15, 0.2) is 65.2 Å². The average molecular weight is 659 g/mol. The Kier molecular flexibility index (Phi) is 10.9. The van der Waals surface area contributed by atoms with E-state index in [1.807, 2.05) is 27.8 Å². The first-order valence-electron chi connectivity index (χ1n) is 17.9. The van der Waals surface area contributed by atoms with Crippen molar-refractivity contribution in [3.8, 4) is 0 Å². The molecule has 0 spiro atoms. The highest BCUT2D eigenvalue weighted by molar-refractivity contribution is 6.99. The molecule has 7 heteroatoms. The molecular weight excluding hydrogens is 601 g/mol. The van der Waals surface area contributed by atoms with Gasteiger partial charge < -0.3 is 13.7 Å². The Balaban J connectivity index is 1.46. The first kappa shape index (κ1) is 35.6. The maximum absolute atomic E-state index is 13.1. The fraction of sp³-hybridized carbons (Fsp3) is 0.600. The number of hydrogen-bond acceptors (Lipinski definition) is 6. The van der Waals surface area contributed by atoms with Gasteiger partial charge in [-0.1, -0.05) is 100 Å². The van der Waals surface area contributed by atoms with Crippen molar-refractivity contribution in [3.63, 3.8) is 0 Å². The Morgan fingerprint density at radius 3 is 2.00 bits per heavy atom. The van der Waals surface area contributed by atoms with Gasteiger partial charge in [0.2, 0.25) is 0 Å². The minimum absolute atomic E-state index is 0.120. The van der Waals surface area contributed by atoms with E-state index in [9.17, 15) is 4.79 Å². The van der Waals surface area contributed by atoms with E-state index in [0.29, 0.717) is 24.9 Å². The molecule has 2 fully saturated rings. The van der Waals surface area contributed by atoms with E-state index in [4.69, 9.17) is 18.8 Å². The Morgan fingerprint density at radius 1 is 0.936 bits per heavy atom. The maximum atomic E-state index is 13.1. The summed E-state index contributed by atoms with van der Waals surface area (Å²) in [5.41, 5.74) is 1.76. The molecule has 1 atom stereocenters. The summed E-state index contributed by atoms with van der Waals surface area (Å²) >= 11 is 0. The second kappa shape index (κ2) is 14.4. The summed E-state index contributed by atoms with van der Waals surface area (Å²) in [5, 5.41) is 7.25. The van der Waals surface area contributed by atoms with Gasteiger partial charge in [-0.15, -0.1) is 0 Å². The first-order chi connectivity index (χ1) is 22.2. The molecule has 2 aromatic carbocycles. The third-order valence-electron chi connectivity index (χ3n) is 9.95. The zero-order chi connectivity index (χ0) is 34.0. The Bertz CT molecular complexity index is 1410. The number of carbonyl (C=O) groups excluding carboxylic acids is 1. The fourth-order valence-electron chi connectivity index (χ4n) is 7.79. The predicted molar refractivity (Wildman–Crippen MR) is 193 cm³/mol. The molecular formula is C40H58N2O4Si. The molecule has 2 aliphatic carbocycles. The molecule has 0 aliphatic heterocycles. The number of likely N-dealkylation sites (N-methyl/N-ethyl adjacent to an activating group) is 1. The van der Waals surface area contributed by atoms with Gasteiger partial charge in [-0.3, -0.25) is 9.69 Å². The number of hydrogen-bond donors (Lipinski definition) is 0. The molecule has 0 saturated heterocycles. The first-order valence-corrected chi connectivity index (χ1v) is 19.8. The van der Waals surface area contributed by atoms with Crippen LogP contribution in [0.4, 0.5) is 0 Å². The SMILES string of the molecule is CC(C)CC1CC(c2onc(C(CCO[Si](c3ccccc3)(c3ccccc3)C(C)(C)C)N(C)CC(=O)OC(C)(C)C)c2C2CC2)C1. The molecule has 1 heterocycles. The van der Waals surface area contributed by atoms with Crippen LogP contribution in [0.2, 0.25) is 5.04 Å². The van der Waals surface area contributed by atoms with Crippen molar-refractivity contribution < 1.29 is 18.5 Å². The Hall–Kier alpha value is -2.74. The fourth-order valence-corrected chi connectivity index (χ4v) is 12.4. The van der Waals surface area contributed by atoms with Gasteiger partial charge in [0.25, 0.3) is 8.32 Å². The van der Waals surface area contributed by atoms with Crippen molar-refractivity contribution >= 4 is 24.7 Å². The normalized spacial score (nSPS) is 19.6. The quantitative estimate of drug-likeness (QED) is 0.128. The molecule has 0 radical (unpaired) electrons. The third-order valence-corrected chi connectivity index (χ3v) is 15.0. The average Bonchev–Trinajstić information content (AvgIpc) is 3.72. The van der Waals surface area contributed by atoms with E-state index in [0.717, 1.165) is 23.3 Å². The van der Waals surface area contributed by atoms with Crippen LogP contribution in [-0.2, 0) is 14.0 Å². The zero-order valence-corrected chi connectivity index (χ0v) is 31.3. The summed E-state index contributed by atoms with van der Waals surface area (Å²) < 4.78 is 19.4. The molecule has 47 heavy (non-hydrogen) atoms. The number of carbonyl (C=O) groups is 1. The number of nitrogens with zero attached hydrogens (tertiary/aromatic N) is 2. The lowest BCUT2D eigenvalue weighted by atomic mass is 9.69. The zero-order valence-electron chi connectivity index (χ0n) is 30.3. The lowest BCUT2D eigenvalue weighted by molar-refractivity contribution is -0.156. The highest BCUT2D eigenvalue weighted by Gasteiger charge is 2.50. The van der Waals surface area contributed by atoms with E-state index in [1.54, 1.807) is 0 Å². The molecule has 1 unspecified atom stereocenters. The van der Waals surface area contributed by atoms with E-state index in [1.165, 1.54) is 48.0 Å². The second-order valence-electron chi connectivity index (χ2n) is 16.6. The number of rotatable bonds is 14. The van der Waals surface area contributed by atoms with Crippen molar-refractivity contribution in [1.82, 2.24) is 10.1 Å². The van der Waals surface area contributed by atoms with Crippen LogP contribution in [0.5, 0.6) is 0 Å². The van der Waals surface area contributed by atoms with Crippen LogP contribution in [0, 0.1) is 11.8 Å². The highest BCUT2D eigenvalue weighted by atomic mass is 28.4. The van der Waals surface area contributed by atoms with E-state index >= 15 is 0 Å². The van der Waals surface area contributed by atoms with Crippen molar-refractivity contribution in [2.45, 2.75) is 122 Å². The smallest absolute Gasteiger partial charge is 0.320 e. The van der Waals surface area contributed by atoms with Crippen molar-refractivity contribution in [1.29, 1.82) is 0 Å². The molecule has 6 nitrogen and oxygen atoms in total. The van der Waals surface area contributed by atoms with Crippen LogP contribution in [0.1, 0.15) is 129 Å². The third kappa shape index (κ3) is 8.29. The second-order valence-corrected chi connectivity index (χ2v) is 20.9. The largest absolute Gasteiger partial charge is 0.459 e. The Labute approximate surface area is 284 Å². The standard InChI is InChI=1S/C40H58N2O4Si/c1-28(2)24-29-25-31(26-29)38-36(30-20-21-30)37(41-46-38)34(42(9)27-35(43)45-39(3,4)5)22-23-44-47(40(6,7)8,32-16-12-10-13-17-32)33-18-14-11-15-19-33/h10-19,28-31,34H,20-27H2,1-9H3. The summed E-state index contributed by atoms with van der Waals surface area (Å²) in [4.78, 5) is 15.2. The number of ether oxygens (including phenoxy) is 1.